The lowest BCUT2D eigenvalue weighted by atomic mass is 10.2. The van der Waals surface area contributed by atoms with Crippen LogP contribution in [0.5, 0.6) is 0 Å². The Hall–Kier alpha value is -1.76. The minimum Gasteiger partial charge on any atom is -0.462 e. The lowest BCUT2D eigenvalue weighted by Gasteiger charge is -2.16. The first kappa shape index (κ1) is 15.1. The zero-order chi connectivity index (χ0) is 15.5. The molecule has 0 unspecified atom stereocenters. The summed E-state index contributed by atoms with van der Waals surface area (Å²) in [4.78, 5) is 1.94. The van der Waals surface area contributed by atoms with Crippen LogP contribution in [0.1, 0.15) is 10.6 Å². The fourth-order valence-corrected chi connectivity index (χ4v) is 3.17. The van der Waals surface area contributed by atoms with E-state index in [1.807, 2.05) is 24.1 Å². The molecule has 22 heavy (non-hydrogen) atoms. The van der Waals surface area contributed by atoms with Crippen LogP contribution in [0.4, 0.5) is 4.39 Å². The number of halogens is 2. The predicted molar refractivity (Wildman–Crippen MR) is 84.2 cm³/mol. The van der Waals surface area contributed by atoms with Crippen LogP contribution in [0.2, 0.25) is 5.02 Å². The van der Waals surface area contributed by atoms with Crippen molar-refractivity contribution in [2.75, 3.05) is 7.05 Å². The van der Waals surface area contributed by atoms with E-state index < -0.39 is 0 Å². The third-order valence-corrected chi connectivity index (χ3v) is 4.37. The van der Waals surface area contributed by atoms with Crippen molar-refractivity contribution in [3.05, 3.63) is 58.0 Å². The molecule has 0 N–H and O–H groups in total. The van der Waals surface area contributed by atoms with E-state index in [9.17, 15) is 4.39 Å². The van der Waals surface area contributed by atoms with Crippen molar-refractivity contribution in [2.24, 2.45) is 0 Å². The summed E-state index contributed by atoms with van der Waals surface area (Å²) in [5.41, 5.74) is 0.488. The maximum atomic E-state index is 13.8. The minimum absolute atomic E-state index is 0.298. The fraction of sp³-hybridized carbons (Fsp3) is 0.200. The van der Waals surface area contributed by atoms with Gasteiger partial charge in [-0.3, -0.25) is 4.90 Å². The van der Waals surface area contributed by atoms with E-state index in [2.05, 4.69) is 10.2 Å². The Bertz CT molecular complexity index is 740. The average Bonchev–Trinajstić information content (AvgIpc) is 3.13. The van der Waals surface area contributed by atoms with Crippen LogP contribution in [0.3, 0.4) is 0 Å². The zero-order valence-corrected chi connectivity index (χ0v) is 13.4. The van der Waals surface area contributed by atoms with Gasteiger partial charge >= 0.3 is 0 Å². The molecule has 0 radical (unpaired) electrons. The van der Waals surface area contributed by atoms with E-state index in [1.54, 1.807) is 18.4 Å². The van der Waals surface area contributed by atoms with Crippen LogP contribution in [-0.2, 0) is 13.1 Å². The number of benzene rings is 1. The Kier molecular flexibility index (Phi) is 4.52. The number of rotatable bonds is 5. The summed E-state index contributed by atoms with van der Waals surface area (Å²) in [5.74, 6) is 0.399. The molecule has 2 aromatic heterocycles. The van der Waals surface area contributed by atoms with E-state index >= 15 is 0 Å². The highest BCUT2D eigenvalue weighted by Crippen LogP contribution is 2.25. The molecule has 0 fully saturated rings. The van der Waals surface area contributed by atoms with Crippen molar-refractivity contribution in [2.45, 2.75) is 13.1 Å². The van der Waals surface area contributed by atoms with Gasteiger partial charge in [0.05, 0.1) is 12.8 Å². The molecule has 114 valence electrons. The van der Waals surface area contributed by atoms with Gasteiger partial charge in [-0.05, 0) is 31.3 Å². The minimum atomic E-state index is -0.298. The second kappa shape index (κ2) is 6.56. The molecule has 4 nitrogen and oxygen atoms in total. The van der Waals surface area contributed by atoms with Gasteiger partial charge in [-0.2, -0.15) is 0 Å². The van der Waals surface area contributed by atoms with Gasteiger partial charge in [-0.15, -0.1) is 10.2 Å². The van der Waals surface area contributed by atoms with Crippen LogP contribution in [0.25, 0.3) is 10.8 Å². The Balaban J connectivity index is 1.68. The molecule has 0 saturated carbocycles. The Morgan fingerprint density at radius 3 is 2.82 bits per heavy atom. The van der Waals surface area contributed by atoms with Gasteiger partial charge in [0.15, 0.2) is 10.8 Å². The molecule has 3 aromatic rings. The van der Waals surface area contributed by atoms with E-state index in [4.69, 9.17) is 16.0 Å². The maximum Gasteiger partial charge on any atom is 0.183 e. The van der Waals surface area contributed by atoms with Crippen molar-refractivity contribution >= 4 is 22.9 Å². The molecule has 0 amide bonds. The van der Waals surface area contributed by atoms with E-state index in [1.165, 1.54) is 17.4 Å². The lowest BCUT2D eigenvalue weighted by Crippen LogP contribution is -2.18. The fourth-order valence-electron chi connectivity index (χ4n) is 2.06. The van der Waals surface area contributed by atoms with Gasteiger partial charge < -0.3 is 4.42 Å². The molecule has 0 aliphatic rings. The Morgan fingerprint density at radius 2 is 2.09 bits per heavy atom. The number of nitrogens with zero attached hydrogens (tertiary/aromatic N) is 3. The first-order valence-electron chi connectivity index (χ1n) is 6.61. The zero-order valence-electron chi connectivity index (χ0n) is 11.8. The Labute approximate surface area is 136 Å². The van der Waals surface area contributed by atoms with E-state index in [-0.39, 0.29) is 5.82 Å². The van der Waals surface area contributed by atoms with Crippen molar-refractivity contribution < 1.29 is 8.81 Å². The van der Waals surface area contributed by atoms with Crippen LogP contribution < -0.4 is 0 Å². The van der Waals surface area contributed by atoms with E-state index in [0.29, 0.717) is 29.4 Å². The average molecular weight is 338 g/mol. The third-order valence-electron chi connectivity index (χ3n) is 3.09. The highest BCUT2D eigenvalue weighted by Gasteiger charge is 2.13. The summed E-state index contributed by atoms with van der Waals surface area (Å²) in [6.07, 6.45) is 1.60. The van der Waals surface area contributed by atoms with Crippen LogP contribution in [-0.4, -0.2) is 22.1 Å². The van der Waals surface area contributed by atoms with Crippen molar-refractivity contribution in [1.82, 2.24) is 15.1 Å². The van der Waals surface area contributed by atoms with Crippen LogP contribution >= 0.6 is 22.9 Å². The predicted octanol–water partition coefficient (Wildman–Crippen LogP) is 4.22. The second-order valence-corrected chi connectivity index (χ2v) is 6.32. The van der Waals surface area contributed by atoms with Crippen LogP contribution in [0.15, 0.2) is 41.0 Å². The standard InChI is InChI=1S/C15H13ClFN3OS/c1-20(8-10-11(16)4-2-5-12(10)17)9-14-18-19-15(22-14)13-6-3-7-21-13/h2-7H,8-9H2,1H3. The van der Waals surface area contributed by atoms with Gasteiger partial charge in [0.1, 0.15) is 10.8 Å². The monoisotopic (exact) mass is 337 g/mol. The first-order valence-corrected chi connectivity index (χ1v) is 7.80. The summed E-state index contributed by atoms with van der Waals surface area (Å²) in [6, 6.07) is 8.35. The third kappa shape index (κ3) is 3.35. The summed E-state index contributed by atoms with van der Waals surface area (Å²) >= 11 is 7.50. The number of aromatic nitrogens is 2. The molecule has 0 bridgehead atoms. The summed E-state index contributed by atoms with van der Waals surface area (Å²) in [7, 11) is 1.89. The maximum absolute atomic E-state index is 13.8. The van der Waals surface area contributed by atoms with E-state index in [0.717, 1.165) is 10.0 Å². The topological polar surface area (TPSA) is 42.2 Å². The SMILES string of the molecule is CN(Cc1nnc(-c2ccco2)s1)Cc1c(F)cccc1Cl. The Morgan fingerprint density at radius 1 is 1.23 bits per heavy atom. The first-order chi connectivity index (χ1) is 10.6. The molecule has 0 spiro atoms. The highest BCUT2D eigenvalue weighted by molar-refractivity contribution is 7.14. The lowest BCUT2D eigenvalue weighted by molar-refractivity contribution is 0.312. The summed E-state index contributed by atoms with van der Waals surface area (Å²) in [5, 5.41) is 10.2. The molecule has 7 heteroatoms. The molecule has 0 saturated heterocycles. The molecule has 0 aliphatic carbocycles. The molecule has 1 aromatic carbocycles. The van der Waals surface area contributed by atoms with Crippen molar-refractivity contribution in [1.29, 1.82) is 0 Å². The summed E-state index contributed by atoms with van der Waals surface area (Å²) < 4.78 is 19.1. The summed E-state index contributed by atoms with van der Waals surface area (Å²) in [6.45, 7) is 0.963. The van der Waals surface area contributed by atoms with Gasteiger partial charge in [0.2, 0.25) is 0 Å². The number of furan rings is 1. The quantitative estimate of drug-likeness (QED) is 0.699. The van der Waals surface area contributed by atoms with Crippen LogP contribution in [0, 0.1) is 5.82 Å². The van der Waals surface area contributed by atoms with Gasteiger partial charge in [0, 0.05) is 17.1 Å². The smallest absolute Gasteiger partial charge is 0.183 e. The molecule has 3 rings (SSSR count). The second-order valence-electron chi connectivity index (χ2n) is 4.85. The molecular weight excluding hydrogens is 325 g/mol. The van der Waals surface area contributed by atoms with Gasteiger partial charge in [-0.25, -0.2) is 4.39 Å². The molecular formula is C15H13ClFN3OS. The number of hydrogen-bond donors (Lipinski definition) is 0. The highest BCUT2D eigenvalue weighted by atomic mass is 35.5. The van der Waals surface area contributed by atoms with Crippen molar-refractivity contribution in [3.8, 4) is 10.8 Å². The van der Waals surface area contributed by atoms with Gasteiger partial charge in [0.25, 0.3) is 0 Å². The molecule has 0 atom stereocenters. The molecule has 0 aliphatic heterocycles. The molecule has 2 heterocycles. The van der Waals surface area contributed by atoms with Gasteiger partial charge in [-0.1, -0.05) is 29.0 Å². The van der Waals surface area contributed by atoms with Crippen molar-refractivity contribution in [3.63, 3.8) is 0 Å². The number of hydrogen-bond acceptors (Lipinski definition) is 5. The normalized spacial score (nSPS) is 11.3. The largest absolute Gasteiger partial charge is 0.462 e.